The molecule has 11 heteroatoms. The lowest BCUT2D eigenvalue weighted by Crippen LogP contribution is -2.24. The highest BCUT2D eigenvalue weighted by atomic mass is 32.2. The average Bonchev–Trinajstić information content (AvgIpc) is 3.26. The van der Waals surface area contributed by atoms with E-state index in [0.717, 1.165) is 22.9 Å². The van der Waals surface area contributed by atoms with Gasteiger partial charge in [-0.1, -0.05) is 0 Å². The van der Waals surface area contributed by atoms with Gasteiger partial charge < -0.3 is 14.4 Å². The second-order valence-electron chi connectivity index (χ2n) is 7.58. The molecule has 1 aromatic carbocycles. The number of pyridine rings is 2. The molecule has 0 saturated carbocycles. The molecule has 0 amide bonds. The smallest absolute Gasteiger partial charge is 0.264 e. The van der Waals surface area contributed by atoms with Gasteiger partial charge in [0.2, 0.25) is 0 Å². The standard InChI is InChI=1S/C23H25N5O5S/c1-27-15-17(14-25-27)16-9-22-21(24-13-16)5-6-23(26-22)28(7-8-33-34(4,29)30)18-10-19(31-2)12-20(11-18)32-3/h5-6,9-15H,7-8H2,1-4H3. The normalized spacial score (nSPS) is 11.5. The van der Waals surface area contributed by atoms with Crippen molar-refractivity contribution in [2.45, 2.75) is 0 Å². The third-order valence-electron chi connectivity index (χ3n) is 5.10. The third-order valence-corrected chi connectivity index (χ3v) is 5.69. The van der Waals surface area contributed by atoms with Crippen LogP contribution >= 0.6 is 0 Å². The number of rotatable bonds is 9. The van der Waals surface area contributed by atoms with Crippen LogP contribution in [0, 0.1) is 0 Å². The summed E-state index contributed by atoms with van der Waals surface area (Å²) in [4.78, 5) is 11.2. The quantitative estimate of drug-likeness (QED) is 0.332. The molecule has 34 heavy (non-hydrogen) atoms. The van der Waals surface area contributed by atoms with Crippen molar-refractivity contribution in [3.63, 3.8) is 0 Å². The number of methoxy groups -OCH3 is 2. The van der Waals surface area contributed by atoms with Crippen LogP contribution in [0.15, 0.2) is 55.0 Å². The lowest BCUT2D eigenvalue weighted by atomic mass is 10.1. The minimum absolute atomic E-state index is 0.0634. The zero-order chi connectivity index (χ0) is 24.3. The summed E-state index contributed by atoms with van der Waals surface area (Å²) in [5.41, 5.74) is 3.94. The molecule has 0 fully saturated rings. The molecule has 3 aromatic heterocycles. The maximum atomic E-state index is 11.5. The Morgan fingerprint density at radius 1 is 0.971 bits per heavy atom. The van der Waals surface area contributed by atoms with Crippen LogP contribution in [0.2, 0.25) is 0 Å². The Morgan fingerprint density at radius 2 is 1.71 bits per heavy atom. The number of anilines is 2. The van der Waals surface area contributed by atoms with Crippen molar-refractivity contribution in [2.24, 2.45) is 7.05 Å². The van der Waals surface area contributed by atoms with Gasteiger partial charge in [0, 0.05) is 61.0 Å². The average molecular weight is 484 g/mol. The summed E-state index contributed by atoms with van der Waals surface area (Å²) < 4.78 is 40.6. The summed E-state index contributed by atoms with van der Waals surface area (Å²) in [6, 6.07) is 11.0. The zero-order valence-corrected chi connectivity index (χ0v) is 20.1. The molecular formula is C23H25N5O5S. The molecule has 0 aliphatic carbocycles. The van der Waals surface area contributed by atoms with Crippen LogP contribution in [0.25, 0.3) is 22.2 Å². The van der Waals surface area contributed by atoms with Crippen molar-refractivity contribution >= 4 is 32.7 Å². The van der Waals surface area contributed by atoms with Crippen LogP contribution in [0.1, 0.15) is 0 Å². The summed E-state index contributed by atoms with van der Waals surface area (Å²) in [6.45, 7) is 0.156. The van der Waals surface area contributed by atoms with E-state index in [1.807, 2.05) is 48.5 Å². The topological polar surface area (TPSA) is 109 Å². The first-order valence-electron chi connectivity index (χ1n) is 10.4. The van der Waals surface area contributed by atoms with Gasteiger partial charge in [0.15, 0.2) is 0 Å². The molecular weight excluding hydrogens is 458 g/mol. The van der Waals surface area contributed by atoms with Crippen LogP contribution in [0.3, 0.4) is 0 Å². The number of aromatic nitrogens is 4. The van der Waals surface area contributed by atoms with E-state index in [1.54, 1.807) is 37.4 Å². The molecule has 0 radical (unpaired) electrons. The van der Waals surface area contributed by atoms with Gasteiger partial charge in [0.1, 0.15) is 17.3 Å². The summed E-state index contributed by atoms with van der Waals surface area (Å²) in [7, 11) is 1.39. The fraction of sp³-hybridized carbons (Fsp3) is 0.261. The van der Waals surface area contributed by atoms with Gasteiger partial charge in [-0.05, 0) is 18.2 Å². The van der Waals surface area contributed by atoms with E-state index >= 15 is 0 Å². The van der Waals surface area contributed by atoms with Gasteiger partial charge in [0.05, 0.1) is 44.3 Å². The Hall–Kier alpha value is -3.70. The zero-order valence-electron chi connectivity index (χ0n) is 19.3. The van der Waals surface area contributed by atoms with Gasteiger partial charge >= 0.3 is 0 Å². The van der Waals surface area contributed by atoms with Gasteiger partial charge in [0.25, 0.3) is 10.1 Å². The van der Waals surface area contributed by atoms with E-state index in [0.29, 0.717) is 28.5 Å². The number of hydrogen-bond donors (Lipinski definition) is 0. The van der Waals surface area contributed by atoms with E-state index in [-0.39, 0.29) is 13.2 Å². The first kappa shape index (κ1) is 23.5. The largest absolute Gasteiger partial charge is 0.497 e. The van der Waals surface area contributed by atoms with E-state index in [4.69, 9.17) is 18.6 Å². The van der Waals surface area contributed by atoms with E-state index in [1.165, 1.54) is 0 Å². The lowest BCUT2D eigenvalue weighted by Gasteiger charge is -2.25. The Labute approximate surface area is 197 Å². The molecule has 3 heterocycles. The predicted octanol–water partition coefficient (Wildman–Crippen LogP) is 3.16. The molecule has 4 aromatic rings. The maximum absolute atomic E-state index is 11.5. The van der Waals surface area contributed by atoms with Crippen molar-refractivity contribution in [3.05, 3.63) is 55.0 Å². The lowest BCUT2D eigenvalue weighted by molar-refractivity contribution is 0.330. The van der Waals surface area contributed by atoms with Crippen LogP contribution in [-0.2, 0) is 21.3 Å². The van der Waals surface area contributed by atoms with Crippen molar-refractivity contribution in [2.75, 3.05) is 38.5 Å². The van der Waals surface area contributed by atoms with Crippen LogP contribution < -0.4 is 14.4 Å². The monoisotopic (exact) mass is 483 g/mol. The molecule has 178 valence electrons. The molecule has 0 atom stereocenters. The summed E-state index contributed by atoms with van der Waals surface area (Å²) in [5, 5.41) is 4.22. The minimum atomic E-state index is -3.59. The Bertz CT molecular complexity index is 1400. The van der Waals surface area contributed by atoms with Crippen LogP contribution in [-0.4, -0.2) is 61.8 Å². The fourth-order valence-electron chi connectivity index (χ4n) is 3.48. The van der Waals surface area contributed by atoms with Crippen molar-refractivity contribution in [1.29, 1.82) is 0 Å². The highest BCUT2D eigenvalue weighted by Crippen LogP contribution is 2.33. The Morgan fingerprint density at radius 3 is 2.32 bits per heavy atom. The number of benzene rings is 1. The third kappa shape index (κ3) is 5.43. The van der Waals surface area contributed by atoms with Crippen LogP contribution in [0.4, 0.5) is 11.5 Å². The van der Waals surface area contributed by atoms with Gasteiger partial charge in [-0.25, -0.2) is 4.98 Å². The molecule has 4 rings (SSSR count). The molecule has 0 spiro atoms. The highest BCUT2D eigenvalue weighted by molar-refractivity contribution is 7.85. The summed E-state index contributed by atoms with van der Waals surface area (Å²) >= 11 is 0. The van der Waals surface area contributed by atoms with Gasteiger partial charge in [-0.3, -0.25) is 13.8 Å². The molecule has 0 N–H and O–H groups in total. The van der Waals surface area contributed by atoms with Crippen LogP contribution in [0.5, 0.6) is 11.5 Å². The van der Waals surface area contributed by atoms with E-state index < -0.39 is 10.1 Å². The second-order valence-corrected chi connectivity index (χ2v) is 9.23. The molecule has 0 aliphatic rings. The number of ether oxygens (including phenoxy) is 2. The van der Waals surface area contributed by atoms with Crippen molar-refractivity contribution in [1.82, 2.24) is 19.7 Å². The molecule has 0 aliphatic heterocycles. The molecule has 10 nitrogen and oxygen atoms in total. The van der Waals surface area contributed by atoms with Crippen molar-refractivity contribution in [3.8, 4) is 22.6 Å². The molecule has 0 saturated heterocycles. The second kappa shape index (κ2) is 9.65. The van der Waals surface area contributed by atoms with Gasteiger partial charge in [-0.2, -0.15) is 13.5 Å². The number of hydrogen-bond acceptors (Lipinski definition) is 9. The summed E-state index contributed by atoms with van der Waals surface area (Å²) in [6.07, 6.45) is 6.48. The predicted molar refractivity (Wildman–Crippen MR) is 129 cm³/mol. The minimum Gasteiger partial charge on any atom is -0.497 e. The fourth-order valence-corrected chi connectivity index (χ4v) is 3.86. The van der Waals surface area contributed by atoms with E-state index in [9.17, 15) is 8.42 Å². The van der Waals surface area contributed by atoms with Gasteiger partial charge in [-0.15, -0.1) is 0 Å². The SMILES string of the molecule is COc1cc(OC)cc(N(CCOS(C)(=O)=O)c2ccc3ncc(-c4cnn(C)c4)cc3n2)c1. The number of aryl methyl sites for hydroxylation is 1. The molecule has 0 bridgehead atoms. The summed E-state index contributed by atoms with van der Waals surface area (Å²) in [5.74, 6) is 1.76. The Kier molecular flexibility index (Phi) is 6.66. The Balaban J connectivity index is 1.77. The number of fused-ring (bicyclic) bond motifs is 1. The first-order valence-corrected chi connectivity index (χ1v) is 12.2. The first-order chi connectivity index (χ1) is 16.3. The maximum Gasteiger partial charge on any atom is 0.264 e. The van der Waals surface area contributed by atoms with Crippen molar-refractivity contribution < 1.29 is 22.1 Å². The molecule has 0 unspecified atom stereocenters. The highest BCUT2D eigenvalue weighted by Gasteiger charge is 2.16. The number of nitrogens with zero attached hydrogens (tertiary/aromatic N) is 5. The van der Waals surface area contributed by atoms with E-state index in [2.05, 4.69) is 10.1 Å².